The van der Waals surface area contributed by atoms with Gasteiger partial charge in [0.25, 0.3) is 0 Å². The van der Waals surface area contributed by atoms with Crippen molar-refractivity contribution in [1.29, 1.82) is 0 Å². The molecule has 1 aromatic heterocycles. The Morgan fingerprint density at radius 2 is 1.83 bits per heavy atom. The lowest BCUT2D eigenvalue weighted by Gasteiger charge is -2.32. The van der Waals surface area contributed by atoms with E-state index in [1.807, 2.05) is 6.20 Å². The van der Waals surface area contributed by atoms with Crippen molar-refractivity contribution in [3.8, 4) is 0 Å². The molecule has 2 nitrogen and oxygen atoms in total. The van der Waals surface area contributed by atoms with E-state index in [0.717, 1.165) is 29.3 Å². The second-order valence-electron chi connectivity index (χ2n) is 5.14. The molecule has 0 radical (unpaired) electrons. The molecule has 1 saturated heterocycles. The Kier molecular flexibility index (Phi) is 3.25. The number of nitrogens with zero attached hydrogens (tertiary/aromatic N) is 2. The predicted octanol–water partition coefficient (Wildman–Crippen LogP) is 4.23. The second-order valence-corrected chi connectivity index (χ2v) is 6.00. The average Bonchev–Trinajstić information content (AvgIpc) is 2.41. The zero-order valence-corrected chi connectivity index (χ0v) is 12.2. The zero-order chi connectivity index (χ0) is 12.5. The molecular weight excluding hydrogens is 288 g/mol. The molecule has 0 atom stereocenters. The molecule has 0 aliphatic carbocycles. The summed E-state index contributed by atoms with van der Waals surface area (Å²) in [5.41, 5.74) is 0. The molecule has 1 aliphatic rings. The minimum absolute atomic E-state index is 0.850. The van der Waals surface area contributed by atoms with E-state index in [1.165, 1.54) is 23.6 Å². The normalized spacial score (nSPS) is 17.3. The van der Waals surface area contributed by atoms with Gasteiger partial charge in [-0.15, -0.1) is 0 Å². The van der Waals surface area contributed by atoms with Crippen molar-refractivity contribution in [3.05, 3.63) is 34.9 Å². The van der Waals surface area contributed by atoms with E-state index in [1.54, 1.807) is 0 Å². The van der Waals surface area contributed by atoms with Gasteiger partial charge in [-0.3, -0.25) is 0 Å². The van der Waals surface area contributed by atoms with Crippen LogP contribution in [0.3, 0.4) is 0 Å². The fraction of sp³-hybridized carbons (Fsp3) is 0.400. The topological polar surface area (TPSA) is 16.1 Å². The smallest absolute Gasteiger partial charge is 0.136 e. The van der Waals surface area contributed by atoms with Gasteiger partial charge < -0.3 is 4.90 Å². The summed E-state index contributed by atoms with van der Waals surface area (Å²) >= 11 is 3.58. The molecule has 0 unspecified atom stereocenters. The van der Waals surface area contributed by atoms with Crippen LogP contribution >= 0.6 is 15.9 Å². The summed E-state index contributed by atoms with van der Waals surface area (Å²) in [5.74, 6) is 1.99. The number of fused-ring (bicyclic) bond motifs is 1. The van der Waals surface area contributed by atoms with Gasteiger partial charge in [-0.05, 0) is 34.7 Å². The molecule has 0 saturated carbocycles. The van der Waals surface area contributed by atoms with Crippen LogP contribution < -0.4 is 4.90 Å². The first-order valence-electron chi connectivity index (χ1n) is 6.54. The van der Waals surface area contributed by atoms with E-state index in [0.29, 0.717) is 0 Å². The average molecular weight is 305 g/mol. The quantitative estimate of drug-likeness (QED) is 0.783. The first-order chi connectivity index (χ1) is 8.75. The Morgan fingerprint density at radius 1 is 1.17 bits per heavy atom. The Hall–Kier alpha value is -1.09. The fourth-order valence-corrected chi connectivity index (χ4v) is 3.06. The molecule has 2 aromatic rings. The number of rotatable bonds is 1. The monoisotopic (exact) mass is 304 g/mol. The number of benzene rings is 1. The standard InChI is InChI=1S/C15H17BrN2/c1-11-6-8-18(9-7-11)15-13-5-3-2-4-12(13)14(16)10-17-15/h2-5,10-11H,6-9H2,1H3. The van der Waals surface area contributed by atoms with Crippen LogP contribution in [0.15, 0.2) is 34.9 Å². The van der Waals surface area contributed by atoms with Gasteiger partial charge in [-0.1, -0.05) is 31.2 Å². The van der Waals surface area contributed by atoms with Crippen LogP contribution in [0.25, 0.3) is 10.8 Å². The van der Waals surface area contributed by atoms with E-state index in [-0.39, 0.29) is 0 Å². The highest BCUT2D eigenvalue weighted by molar-refractivity contribution is 9.10. The number of halogens is 1. The largest absolute Gasteiger partial charge is 0.356 e. The van der Waals surface area contributed by atoms with Crippen LogP contribution in [-0.2, 0) is 0 Å². The summed E-state index contributed by atoms with van der Waals surface area (Å²) in [5, 5.41) is 2.50. The van der Waals surface area contributed by atoms with Crippen LogP contribution in [0.4, 0.5) is 5.82 Å². The highest BCUT2D eigenvalue weighted by atomic mass is 79.9. The van der Waals surface area contributed by atoms with E-state index >= 15 is 0 Å². The summed E-state index contributed by atoms with van der Waals surface area (Å²) < 4.78 is 1.08. The molecule has 94 valence electrons. The SMILES string of the molecule is CC1CCN(c2ncc(Br)c3ccccc23)CC1. The Balaban J connectivity index is 2.04. The van der Waals surface area contributed by atoms with Crippen LogP contribution in [0, 0.1) is 5.92 Å². The van der Waals surface area contributed by atoms with E-state index in [9.17, 15) is 0 Å². The Morgan fingerprint density at radius 3 is 2.56 bits per heavy atom. The van der Waals surface area contributed by atoms with Gasteiger partial charge in [-0.2, -0.15) is 0 Å². The lowest BCUT2D eigenvalue weighted by Crippen LogP contribution is -2.33. The molecule has 0 bridgehead atoms. The van der Waals surface area contributed by atoms with Gasteiger partial charge in [0.1, 0.15) is 5.82 Å². The minimum atomic E-state index is 0.850. The van der Waals surface area contributed by atoms with E-state index in [4.69, 9.17) is 0 Å². The van der Waals surface area contributed by atoms with Crippen molar-refractivity contribution in [2.24, 2.45) is 5.92 Å². The predicted molar refractivity (Wildman–Crippen MR) is 80.1 cm³/mol. The maximum atomic E-state index is 4.63. The van der Waals surface area contributed by atoms with Gasteiger partial charge in [0.15, 0.2) is 0 Å². The Bertz CT molecular complexity index is 559. The lowest BCUT2D eigenvalue weighted by atomic mass is 9.99. The fourth-order valence-electron chi connectivity index (χ4n) is 2.62. The number of anilines is 1. The van der Waals surface area contributed by atoms with Crippen LogP contribution in [0.5, 0.6) is 0 Å². The molecule has 3 heteroatoms. The number of aromatic nitrogens is 1. The molecular formula is C15H17BrN2. The van der Waals surface area contributed by atoms with Crippen molar-refractivity contribution in [2.45, 2.75) is 19.8 Å². The summed E-state index contributed by atoms with van der Waals surface area (Å²) in [4.78, 5) is 7.06. The van der Waals surface area contributed by atoms with Crippen molar-refractivity contribution < 1.29 is 0 Å². The van der Waals surface area contributed by atoms with Crippen LogP contribution in [0.1, 0.15) is 19.8 Å². The Labute approximate surface area is 116 Å². The van der Waals surface area contributed by atoms with Crippen LogP contribution in [-0.4, -0.2) is 18.1 Å². The number of pyridine rings is 1. The van der Waals surface area contributed by atoms with Crippen molar-refractivity contribution in [1.82, 2.24) is 4.98 Å². The maximum absolute atomic E-state index is 4.63. The van der Waals surface area contributed by atoms with Gasteiger partial charge in [0, 0.05) is 34.5 Å². The molecule has 1 fully saturated rings. The number of piperidine rings is 1. The number of hydrogen-bond acceptors (Lipinski definition) is 2. The molecule has 0 amide bonds. The summed E-state index contributed by atoms with van der Waals surface area (Å²) in [7, 11) is 0. The third-order valence-corrected chi connectivity index (χ3v) is 4.44. The van der Waals surface area contributed by atoms with Gasteiger partial charge in [0.05, 0.1) is 0 Å². The van der Waals surface area contributed by atoms with Crippen molar-refractivity contribution in [2.75, 3.05) is 18.0 Å². The second kappa shape index (κ2) is 4.88. The van der Waals surface area contributed by atoms with E-state index < -0.39 is 0 Å². The summed E-state index contributed by atoms with van der Waals surface area (Å²) in [6.45, 7) is 4.59. The molecule has 1 aromatic carbocycles. The summed E-state index contributed by atoms with van der Waals surface area (Å²) in [6.07, 6.45) is 4.47. The minimum Gasteiger partial charge on any atom is -0.356 e. The molecule has 0 spiro atoms. The molecule has 0 N–H and O–H groups in total. The molecule has 2 heterocycles. The van der Waals surface area contributed by atoms with Crippen LogP contribution in [0.2, 0.25) is 0 Å². The van der Waals surface area contributed by atoms with Crippen molar-refractivity contribution in [3.63, 3.8) is 0 Å². The first-order valence-corrected chi connectivity index (χ1v) is 7.33. The molecule has 3 rings (SSSR count). The molecule has 1 aliphatic heterocycles. The number of hydrogen-bond donors (Lipinski definition) is 0. The van der Waals surface area contributed by atoms with Crippen molar-refractivity contribution >= 4 is 32.5 Å². The van der Waals surface area contributed by atoms with E-state index in [2.05, 4.69) is 57.0 Å². The third kappa shape index (κ3) is 2.12. The molecule has 18 heavy (non-hydrogen) atoms. The first kappa shape index (κ1) is 12.0. The third-order valence-electron chi connectivity index (χ3n) is 3.81. The highest BCUT2D eigenvalue weighted by Gasteiger charge is 2.19. The lowest BCUT2D eigenvalue weighted by molar-refractivity contribution is 0.437. The summed E-state index contributed by atoms with van der Waals surface area (Å²) in [6, 6.07) is 8.49. The van der Waals surface area contributed by atoms with Gasteiger partial charge >= 0.3 is 0 Å². The zero-order valence-electron chi connectivity index (χ0n) is 10.6. The van der Waals surface area contributed by atoms with Gasteiger partial charge in [-0.25, -0.2) is 4.98 Å². The maximum Gasteiger partial charge on any atom is 0.136 e. The van der Waals surface area contributed by atoms with Gasteiger partial charge in [0.2, 0.25) is 0 Å². The highest BCUT2D eigenvalue weighted by Crippen LogP contribution is 2.31.